The van der Waals surface area contributed by atoms with Crippen LogP contribution < -0.4 is 4.90 Å². The van der Waals surface area contributed by atoms with Gasteiger partial charge in [0.2, 0.25) is 5.91 Å². The van der Waals surface area contributed by atoms with Crippen LogP contribution in [-0.4, -0.2) is 12.5 Å². The Morgan fingerprint density at radius 1 is 1.59 bits per heavy atom. The van der Waals surface area contributed by atoms with Crippen LogP contribution in [0.25, 0.3) is 0 Å². The van der Waals surface area contributed by atoms with Gasteiger partial charge in [-0.1, -0.05) is 0 Å². The maximum atomic E-state index is 13.7. The van der Waals surface area contributed by atoms with Crippen molar-refractivity contribution in [2.75, 3.05) is 11.4 Å². The fourth-order valence-electron chi connectivity index (χ4n) is 1.99. The van der Waals surface area contributed by atoms with Gasteiger partial charge >= 0.3 is 0 Å². The molecule has 17 heavy (non-hydrogen) atoms. The van der Waals surface area contributed by atoms with Gasteiger partial charge in [0.1, 0.15) is 5.82 Å². The molecule has 88 valence electrons. The SMILES string of the molecule is C#CC1CC(=O)N(c2ccc(Br)c(F)c2C)C1. The molecule has 1 saturated heterocycles. The highest BCUT2D eigenvalue weighted by atomic mass is 79.9. The van der Waals surface area contributed by atoms with Crippen LogP contribution in [0.5, 0.6) is 0 Å². The van der Waals surface area contributed by atoms with E-state index in [1.807, 2.05) is 0 Å². The molecule has 0 saturated carbocycles. The smallest absolute Gasteiger partial charge is 0.228 e. The topological polar surface area (TPSA) is 20.3 Å². The highest BCUT2D eigenvalue weighted by molar-refractivity contribution is 9.10. The standard InChI is InChI=1S/C13H11BrFNO/c1-3-9-6-12(17)16(7-9)11-5-4-10(14)13(15)8(11)2/h1,4-5,9H,6-7H2,2H3. The molecule has 2 rings (SSSR count). The van der Waals surface area contributed by atoms with Gasteiger partial charge in [0.25, 0.3) is 0 Å². The highest BCUT2D eigenvalue weighted by Gasteiger charge is 2.30. The van der Waals surface area contributed by atoms with Crippen LogP contribution in [0.2, 0.25) is 0 Å². The van der Waals surface area contributed by atoms with Crippen molar-refractivity contribution in [1.29, 1.82) is 0 Å². The predicted octanol–water partition coefficient (Wildman–Crippen LogP) is 2.88. The molecular formula is C13H11BrFNO. The molecule has 1 aromatic rings. The Kier molecular flexibility index (Phi) is 3.21. The van der Waals surface area contributed by atoms with Crippen LogP contribution in [0, 0.1) is 31.0 Å². The molecule has 1 unspecified atom stereocenters. The first-order valence-electron chi connectivity index (χ1n) is 5.25. The monoisotopic (exact) mass is 295 g/mol. The summed E-state index contributed by atoms with van der Waals surface area (Å²) in [5.74, 6) is 2.12. The van der Waals surface area contributed by atoms with Crippen LogP contribution in [0.3, 0.4) is 0 Å². The molecule has 4 heteroatoms. The molecule has 0 spiro atoms. The summed E-state index contributed by atoms with van der Waals surface area (Å²) in [5.41, 5.74) is 1.07. The molecule has 1 aliphatic rings. The average Bonchev–Trinajstić information content (AvgIpc) is 2.68. The third-order valence-electron chi connectivity index (χ3n) is 2.96. The molecule has 1 fully saturated rings. The number of carbonyl (C=O) groups excluding carboxylic acids is 1. The Labute approximate surface area is 108 Å². The van der Waals surface area contributed by atoms with Crippen LogP contribution in [0.15, 0.2) is 16.6 Å². The van der Waals surface area contributed by atoms with E-state index in [-0.39, 0.29) is 17.6 Å². The van der Waals surface area contributed by atoms with E-state index in [4.69, 9.17) is 6.42 Å². The Bertz CT molecular complexity index is 521. The van der Waals surface area contributed by atoms with E-state index in [1.165, 1.54) is 0 Å². The average molecular weight is 296 g/mol. The number of rotatable bonds is 1. The zero-order valence-electron chi connectivity index (χ0n) is 9.34. The summed E-state index contributed by atoms with van der Waals surface area (Å²) in [6, 6.07) is 3.34. The summed E-state index contributed by atoms with van der Waals surface area (Å²) in [5, 5.41) is 0. The highest BCUT2D eigenvalue weighted by Crippen LogP contribution is 2.31. The number of amides is 1. The predicted molar refractivity (Wildman–Crippen MR) is 68.1 cm³/mol. The zero-order chi connectivity index (χ0) is 12.6. The van der Waals surface area contributed by atoms with E-state index < -0.39 is 0 Å². The van der Waals surface area contributed by atoms with Gasteiger partial charge in [-0.05, 0) is 35.0 Å². The Morgan fingerprint density at radius 3 is 2.88 bits per heavy atom. The quantitative estimate of drug-likeness (QED) is 0.730. The summed E-state index contributed by atoms with van der Waals surface area (Å²) < 4.78 is 14.1. The summed E-state index contributed by atoms with van der Waals surface area (Å²) in [6.45, 7) is 2.13. The fraction of sp³-hybridized carbons (Fsp3) is 0.308. The van der Waals surface area contributed by atoms with Gasteiger partial charge < -0.3 is 4.90 Å². The maximum absolute atomic E-state index is 13.7. The molecule has 1 aliphatic heterocycles. The third kappa shape index (κ3) is 2.07. The van der Waals surface area contributed by atoms with Crippen molar-refractivity contribution in [2.24, 2.45) is 5.92 Å². The fourth-order valence-corrected chi connectivity index (χ4v) is 2.42. The van der Waals surface area contributed by atoms with E-state index in [0.29, 0.717) is 28.7 Å². The van der Waals surface area contributed by atoms with Crippen LogP contribution in [-0.2, 0) is 4.79 Å². The van der Waals surface area contributed by atoms with Gasteiger partial charge in [-0.3, -0.25) is 4.79 Å². The molecule has 0 aliphatic carbocycles. The van der Waals surface area contributed by atoms with Crippen LogP contribution >= 0.6 is 15.9 Å². The van der Waals surface area contributed by atoms with E-state index >= 15 is 0 Å². The molecule has 0 radical (unpaired) electrons. The van der Waals surface area contributed by atoms with Gasteiger partial charge in [-0.25, -0.2) is 4.39 Å². The number of hydrogen-bond acceptors (Lipinski definition) is 1. The van der Waals surface area contributed by atoms with Crippen molar-refractivity contribution >= 4 is 27.5 Å². The molecule has 1 aromatic carbocycles. The lowest BCUT2D eigenvalue weighted by atomic mass is 10.1. The van der Waals surface area contributed by atoms with Crippen LogP contribution in [0.4, 0.5) is 10.1 Å². The molecule has 1 heterocycles. The van der Waals surface area contributed by atoms with E-state index in [2.05, 4.69) is 21.9 Å². The van der Waals surface area contributed by atoms with Gasteiger partial charge in [-0.15, -0.1) is 12.3 Å². The molecule has 1 amide bonds. The van der Waals surface area contributed by atoms with Crippen molar-refractivity contribution in [3.05, 3.63) is 28.0 Å². The summed E-state index contributed by atoms with van der Waals surface area (Å²) in [4.78, 5) is 13.4. The summed E-state index contributed by atoms with van der Waals surface area (Å²) in [7, 11) is 0. The lowest BCUT2D eigenvalue weighted by Gasteiger charge is -2.19. The minimum atomic E-state index is -0.334. The van der Waals surface area contributed by atoms with Crippen molar-refractivity contribution in [3.8, 4) is 12.3 Å². The van der Waals surface area contributed by atoms with E-state index in [9.17, 15) is 9.18 Å². The minimum absolute atomic E-state index is 0.0437. The summed E-state index contributed by atoms with van der Waals surface area (Å²) in [6.07, 6.45) is 5.66. The molecule has 0 N–H and O–H groups in total. The first kappa shape index (κ1) is 12.1. The van der Waals surface area contributed by atoms with E-state index in [0.717, 1.165) is 0 Å². The molecule has 0 aromatic heterocycles. The van der Waals surface area contributed by atoms with Crippen molar-refractivity contribution in [3.63, 3.8) is 0 Å². The van der Waals surface area contributed by atoms with E-state index in [1.54, 1.807) is 24.0 Å². The number of anilines is 1. The zero-order valence-corrected chi connectivity index (χ0v) is 10.9. The first-order chi connectivity index (χ1) is 8.04. The normalized spacial score (nSPS) is 19.5. The third-order valence-corrected chi connectivity index (χ3v) is 3.57. The van der Waals surface area contributed by atoms with Gasteiger partial charge in [-0.2, -0.15) is 0 Å². The second-order valence-electron chi connectivity index (χ2n) is 4.08. The second kappa shape index (κ2) is 4.50. The van der Waals surface area contributed by atoms with Crippen molar-refractivity contribution < 1.29 is 9.18 Å². The number of nitrogens with zero attached hydrogens (tertiary/aromatic N) is 1. The second-order valence-corrected chi connectivity index (χ2v) is 4.93. The number of halogens is 2. The maximum Gasteiger partial charge on any atom is 0.228 e. The van der Waals surface area contributed by atoms with Crippen molar-refractivity contribution in [1.82, 2.24) is 0 Å². The molecule has 0 bridgehead atoms. The first-order valence-corrected chi connectivity index (χ1v) is 6.05. The number of benzene rings is 1. The lowest BCUT2D eigenvalue weighted by molar-refractivity contribution is -0.117. The molecule has 1 atom stereocenters. The molecular weight excluding hydrogens is 285 g/mol. The van der Waals surface area contributed by atoms with Crippen molar-refractivity contribution in [2.45, 2.75) is 13.3 Å². The largest absolute Gasteiger partial charge is 0.311 e. The Balaban J connectivity index is 2.40. The molecule has 2 nitrogen and oxygen atoms in total. The van der Waals surface area contributed by atoms with Gasteiger partial charge in [0.05, 0.1) is 4.47 Å². The number of terminal acetylenes is 1. The number of hydrogen-bond donors (Lipinski definition) is 0. The lowest BCUT2D eigenvalue weighted by Crippen LogP contribution is -2.25. The summed E-state index contributed by atoms with van der Waals surface area (Å²) >= 11 is 3.12. The Morgan fingerprint density at radius 2 is 2.29 bits per heavy atom. The minimum Gasteiger partial charge on any atom is -0.311 e. The van der Waals surface area contributed by atoms with Crippen LogP contribution in [0.1, 0.15) is 12.0 Å². The Hall–Kier alpha value is -1.34. The number of carbonyl (C=O) groups is 1. The van der Waals surface area contributed by atoms with Gasteiger partial charge in [0, 0.05) is 30.1 Å². The van der Waals surface area contributed by atoms with Gasteiger partial charge in [0.15, 0.2) is 0 Å².